The number of hydrogen-bond acceptors (Lipinski definition) is 5. The van der Waals surface area contributed by atoms with Gasteiger partial charge < -0.3 is 14.6 Å². The molecule has 1 saturated carbocycles. The number of thioether (sulfide) groups is 1. The molecule has 1 fully saturated rings. The molecule has 1 amide bonds. The largest absolute Gasteiger partial charge is 0.483 e. The Bertz CT molecular complexity index is 834. The second-order valence-electron chi connectivity index (χ2n) is 7.62. The zero-order valence-electron chi connectivity index (χ0n) is 17.3. The molecule has 1 unspecified atom stereocenters. The maximum atomic E-state index is 12.3. The SMILES string of the molecule is Cc1cc(OC(C)c2nnc(SCC(=O)NC3CCCCCC3)n2C)ccc1Cl. The molecule has 158 valence electrons. The summed E-state index contributed by atoms with van der Waals surface area (Å²) >= 11 is 7.48. The van der Waals surface area contributed by atoms with Gasteiger partial charge in [-0.2, -0.15) is 0 Å². The van der Waals surface area contributed by atoms with E-state index in [1.807, 2.05) is 43.7 Å². The van der Waals surface area contributed by atoms with Crippen LogP contribution in [0.25, 0.3) is 0 Å². The van der Waals surface area contributed by atoms with Crippen molar-refractivity contribution in [2.75, 3.05) is 5.75 Å². The molecule has 1 atom stereocenters. The number of hydrogen-bond donors (Lipinski definition) is 1. The predicted molar refractivity (Wildman–Crippen MR) is 117 cm³/mol. The smallest absolute Gasteiger partial charge is 0.230 e. The molecule has 0 radical (unpaired) electrons. The number of amides is 1. The molecule has 1 aromatic carbocycles. The van der Waals surface area contributed by atoms with Gasteiger partial charge in [-0.25, -0.2) is 0 Å². The number of carbonyl (C=O) groups is 1. The fourth-order valence-electron chi connectivity index (χ4n) is 3.58. The maximum absolute atomic E-state index is 12.3. The maximum Gasteiger partial charge on any atom is 0.230 e. The molecular formula is C21H29ClN4O2S. The van der Waals surface area contributed by atoms with Crippen LogP contribution in [0, 0.1) is 6.92 Å². The van der Waals surface area contributed by atoms with Gasteiger partial charge in [0.1, 0.15) is 5.75 Å². The van der Waals surface area contributed by atoms with Gasteiger partial charge in [-0.15, -0.1) is 10.2 Å². The van der Waals surface area contributed by atoms with Crippen LogP contribution in [0.2, 0.25) is 5.02 Å². The third kappa shape index (κ3) is 6.12. The Morgan fingerprint density at radius 1 is 1.31 bits per heavy atom. The second-order valence-corrected chi connectivity index (χ2v) is 8.97. The number of nitrogens with one attached hydrogen (secondary N) is 1. The lowest BCUT2D eigenvalue weighted by atomic mass is 10.1. The van der Waals surface area contributed by atoms with Gasteiger partial charge >= 0.3 is 0 Å². The normalized spacial score (nSPS) is 16.3. The monoisotopic (exact) mass is 436 g/mol. The lowest BCUT2D eigenvalue weighted by Gasteiger charge is -2.16. The summed E-state index contributed by atoms with van der Waals surface area (Å²) in [6.07, 6.45) is 6.86. The summed E-state index contributed by atoms with van der Waals surface area (Å²) in [6, 6.07) is 5.89. The lowest BCUT2D eigenvalue weighted by molar-refractivity contribution is -0.119. The third-order valence-corrected chi connectivity index (χ3v) is 6.67. The van der Waals surface area contributed by atoms with Crippen molar-refractivity contribution in [3.63, 3.8) is 0 Å². The lowest BCUT2D eigenvalue weighted by Crippen LogP contribution is -2.35. The summed E-state index contributed by atoms with van der Waals surface area (Å²) in [4.78, 5) is 12.3. The van der Waals surface area contributed by atoms with Crippen molar-refractivity contribution in [1.82, 2.24) is 20.1 Å². The van der Waals surface area contributed by atoms with Crippen LogP contribution in [0.3, 0.4) is 0 Å². The van der Waals surface area contributed by atoms with Gasteiger partial charge in [-0.1, -0.05) is 49.0 Å². The summed E-state index contributed by atoms with van der Waals surface area (Å²) in [5.74, 6) is 1.85. The zero-order chi connectivity index (χ0) is 20.8. The highest BCUT2D eigenvalue weighted by atomic mass is 35.5. The summed E-state index contributed by atoms with van der Waals surface area (Å²) in [7, 11) is 1.90. The molecule has 0 saturated heterocycles. The fraction of sp³-hybridized carbons (Fsp3) is 0.571. The number of benzene rings is 1. The minimum Gasteiger partial charge on any atom is -0.483 e. The number of nitrogens with zero attached hydrogens (tertiary/aromatic N) is 3. The first kappa shape index (κ1) is 22.0. The van der Waals surface area contributed by atoms with E-state index in [4.69, 9.17) is 16.3 Å². The minimum absolute atomic E-state index is 0.0624. The van der Waals surface area contributed by atoms with Crippen molar-refractivity contribution in [3.8, 4) is 5.75 Å². The molecule has 6 nitrogen and oxygen atoms in total. The van der Waals surface area contributed by atoms with E-state index >= 15 is 0 Å². The molecule has 1 aliphatic carbocycles. The second kappa shape index (κ2) is 10.3. The molecule has 1 aromatic heterocycles. The standard InChI is InChI=1S/C21H29ClN4O2S/c1-14-12-17(10-11-18(14)22)28-15(2)20-24-25-21(26(20)3)29-13-19(27)23-16-8-6-4-5-7-9-16/h10-12,15-16H,4-9,13H2,1-3H3,(H,23,27). The molecule has 0 spiro atoms. The van der Waals surface area contributed by atoms with Crippen LogP contribution < -0.4 is 10.1 Å². The van der Waals surface area contributed by atoms with Crippen molar-refractivity contribution >= 4 is 29.3 Å². The van der Waals surface area contributed by atoms with Crippen molar-refractivity contribution in [2.24, 2.45) is 7.05 Å². The molecule has 8 heteroatoms. The first-order chi connectivity index (χ1) is 13.9. The van der Waals surface area contributed by atoms with Crippen molar-refractivity contribution in [1.29, 1.82) is 0 Å². The summed E-state index contributed by atoms with van der Waals surface area (Å²) in [5.41, 5.74) is 0.963. The van der Waals surface area contributed by atoms with E-state index in [0.717, 1.165) is 24.2 Å². The van der Waals surface area contributed by atoms with Crippen LogP contribution in [-0.2, 0) is 11.8 Å². The average Bonchev–Trinajstić information content (AvgIpc) is 2.88. The molecule has 1 aliphatic rings. The van der Waals surface area contributed by atoms with E-state index in [0.29, 0.717) is 27.8 Å². The van der Waals surface area contributed by atoms with Crippen LogP contribution in [0.1, 0.15) is 62.9 Å². The molecule has 1 N–H and O–H groups in total. The average molecular weight is 437 g/mol. The van der Waals surface area contributed by atoms with Crippen LogP contribution in [0.4, 0.5) is 0 Å². The Balaban J connectivity index is 1.54. The molecule has 0 bridgehead atoms. The van der Waals surface area contributed by atoms with E-state index in [1.54, 1.807) is 0 Å². The van der Waals surface area contributed by atoms with Crippen LogP contribution in [0.5, 0.6) is 5.75 Å². The van der Waals surface area contributed by atoms with Crippen molar-refractivity contribution in [3.05, 3.63) is 34.6 Å². The Kier molecular flexibility index (Phi) is 7.84. The molecule has 2 aromatic rings. The molecular weight excluding hydrogens is 408 g/mol. The number of rotatable bonds is 7. The molecule has 29 heavy (non-hydrogen) atoms. The van der Waals surface area contributed by atoms with Gasteiger partial charge in [-0.3, -0.25) is 4.79 Å². The Labute approximate surface area is 181 Å². The number of carbonyl (C=O) groups excluding carboxylic acids is 1. The quantitative estimate of drug-likeness (QED) is 0.496. The van der Waals surface area contributed by atoms with E-state index in [9.17, 15) is 4.79 Å². The van der Waals surface area contributed by atoms with Gasteiger partial charge in [0, 0.05) is 18.1 Å². The number of aromatic nitrogens is 3. The predicted octanol–water partition coefficient (Wildman–Crippen LogP) is 4.85. The topological polar surface area (TPSA) is 69.0 Å². The third-order valence-electron chi connectivity index (χ3n) is 5.23. The molecule has 3 rings (SSSR count). The summed E-state index contributed by atoms with van der Waals surface area (Å²) in [6.45, 7) is 3.87. The van der Waals surface area contributed by atoms with Crippen molar-refractivity contribution < 1.29 is 9.53 Å². The number of aryl methyl sites for hydroxylation is 1. The first-order valence-electron chi connectivity index (χ1n) is 10.2. The summed E-state index contributed by atoms with van der Waals surface area (Å²) < 4.78 is 7.88. The Morgan fingerprint density at radius 2 is 2.03 bits per heavy atom. The Hall–Kier alpha value is -1.73. The van der Waals surface area contributed by atoms with Crippen LogP contribution in [0.15, 0.2) is 23.4 Å². The summed E-state index contributed by atoms with van der Waals surface area (Å²) in [5, 5.41) is 13.1. The zero-order valence-corrected chi connectivity index (χ0v) is 18.9. The van der Waals surface area contributed by atoms with Gasteiger partial charge in [-0.05, 0) is 50.5 Å². The Morgan fingerprint density at radius 3 is 2.72 bits per heavy atom. The van der Waals surface area contributed by atoms with Gasteiger partial charge in [0.2, 0.25) is 5.91 Å². The molecule has 0 aliphatic heterocycles. The van der Waals surface area contributed by atoms with Crippen LogP contribution >= 0.6 is 23.4 Å². The van der Waals surface area contributed by atoms with Gasteiger partial charge in [0.25, 0.3) is 0 Å². The highest BCUT2D eigenvalue weighted by Gasteiger charge is 2.19. The first-order valence-corrected chi connectivity index (χ1v) is 11.5. The number of ether oxygens (including phenoxy) is 1. The number of halogens is 1. The minimum atomic E-state index is -0.276. The van der Waals surface area contributed by atoms with E-state index in [1.165, 1.54) is 37.4 Å². The highest BCUT2D eigenvalue weighted by molar-refractivity contribution is 7.99. The van der Waals surface area contributed by atoms with Crippen molar-refractivity contribution in [2.45, 2.75) is 69.7 Å². The highest BCUT2D eigenvalue weighted by Crippen LogP contribution is 2.26. The van der Waals surface area contributed by atoms with E-state index in [2.05, 4.69) is 15.5 Å². The van der Waals surface area contributed by atoms with Crippen LogP contribution in [-0.4, -0.2) is 32.5 Å². The molecule has 1 heterocycles. The fourth-order valence-corrected chi connectivity index (χ4v) is 4.42. The van der Waals surface area contributed by atoms with Gasteiger partial charge in [0.05, 0.1) is 5.75 Å². The van der Waals surface area contributed by atoms with E-state index in [-0.39, 0.29) is 12.0 Å². The van der Waals surface area contributed by atoms with Gasteiger partial charge in [0.15, 0.2) is 17.1 Å². The van der Waals surface area contributed by atoms with E-state index < -0.39 is 0 Å².